The summed E-state index contributed by atoms with van der Waals surface area (Å²) in [6, 6.07) is 10.8. The molecule has 0 saturated carbocycles. The van der Waals surface area contributed by atoms with Gasteiger partial charge in [0.25, 0.3) is 5.56 Å². The summed E-state index contributed by atoms with van der Waals surface area (Å²) >= 11 is 0. The summed E-state index contributed by atoms with van der Waals surface area (Å²) in [5, 5.41) is 18.6. The van der Waals surface area contributed by atoms with Crippen molar-refractivity contribution in [3.63, 3.8) is 0 Å². The number of carbonyl (C=O) groups is 1. The minimum Gasteiger partial charge on any atom is -0.508 e. The molecule has 2 aromatic carbocycles. The van der Waals surface area contributed by atoms with Gasteiger partial charge in [-0.2, -0.15) is 0 Å². The molecule has 1 heterocycles. The maximum atomic E-state index is 12.0. The van der Waals surface area contributed by atoms with Crippen molar-refractivity contribution in [2.45, 2.75) is 6.42 Å². The Kier molecular flexibility index (Phi) is 3.34. The maximum absolute atomic E-state index is 12.0. The highest BCUT2D eigenvalue weighted by molar-refractivity contribution is 5.92. The van der Waals surface area contributed by atoms with Gasteiger partial charge in [-0.3, -0.25) is 4.79 Å². The van der Waals surface area contributed by atoms with Crippen LogP contribution in [0.1, 0.15) is 21.7 Å². The molecule has 0 unspecified atom stereocenters. The van der Waals surface area contributed by atoms with E-state index in [2.05, 4.69) is 9.97 Å². The first-order chi connectivity index (χ1) is 10.5. The van der Waals surface area contributed by atoms with Crippen molar-refractivity contribution >= 4 is 16.9 Å². The van der Waals surface area contributed by atoms with Crippen LogP contribution < -0.4 is 5.56 Å². The molecule has 22 heavy (non-hydrogen) atoms. The first-order valence-corrected chi connectivity index (χ1v) is 6.57. The summed E-state index contributed by atoms with van der Waals surface area (Å²) in [6.07, 6.45) is 0.378. The van der Waals surface area contributed by atoms with Gasteiger partial charge in [0.2, 0.25) is 0 Å². The summed E-state index contributed by atoms with van der Waals surface area (Å²) in [5.74, 6) is -0.468. The van der Waals surface area contributed by atoms with E-state index < -0.39 is 5.97 Å². The van der Waals surface area contributed by atoms with Gasteiger partial charge in [-0.1, -0.05) is 12.1 Å². The average molecular weight is 296 g/mol. The number of aromatic nitrogens is 2. The van der Waals surface area contributed by atoms with Crippen LogP contribution in [0.2, 0.25) is 0 Å². The number of aromatic amines is 1. The van der Waals surface area contributed by atoms with E-state index >= 15 is 0 Å². The standard InChI is InChI=1S/C16H12N2O4/c19-11-4-1-9(2-5-11)7-14-17-13-8-10(16(21)22)3-6-12(13)15(20)18-14/h1-6,8,19H,7H2,(H,21,22)(H,17,18,20). The molecule has 0 radical (unpaired) electrons. The Morgan fingerprint density at radius 2 is 1.86 bits per heavy atom. The number of phenols is 1. The van der Waals surface area contributed by atoms with Gasteiger partial charge >= 0.3 is 5.97 Å². The van der Waals surface area contributed by atoms with Gasteiger partial charge < -0.3 is 15.2 Å². The molecule has 6 heteroatoms. The Balaban J connectivity index is 2.05. The SMILES string of the molecule is O=C(O)c1ccc2c(=O)[nH]c(Cc3ccc(O)cc3)nc2c1. The van der Waals surface area contributed by atoms with E-state index in [4.69, 9.17) is 5.11 Å². The van der Waals surface area contributed by atoms with Gasteiger partial charge in [0.1, 0.15) is 11.6 Å². The fourth-order valence-corrected chi connectivity index (χ4v) is 2.21. The van der Waals surface area contributed by atoms with Crippen LogP contribution >= 0.6 is 0 Å². The lowest BCUT2D eigenvalue weighted by Gasteiger charge is -2.04. The minimum absolute atomic E-state index is 0.0844. The number of nitrogens with one attached hydrogen (secondary N) is 1. The van der Waals surface area contributed by atoms with Gasteiger partial charge in [-0.05, 0) is 35.9 Å². The summed E-state index contributed by atoms with van der Waals surface area (Å²) in [7, 11) is 0. The number of aromatic carboxylic acids is 1. The molecule has 0 aliphatic carbocycles. The van der Waals surface area contributed by atoms with Gasteiger partial charge in [0, 0.05) is 6.42 Å². The number of hydrogen-bond donors (Lipinski definition) is 3. The number of benzene rings is 2. The van der Waals surface area contributed by atoms with E-state index in [1.165, 1.54) is 18.2 Å². The topological polar surface area (TPSA) is 103 Å². The first-order valence-electron chi connectivity index (χ1n) is 6.57. The zero-order valence-electron chi connectivity index (χ0n) is 11.4. The van der Waals surface area contributed by atoms with Crippen LogP contribution in [-0.4, -0.2) is 26.2 Å². The number of phenolic OH excluding ortho intramolecular Hbond substituents is 1. The third-order valence-corrected chi connectivity index (χ3v) is 3.31. The number of carboxylic acid groups (broad SMARTS) is 1. The zero-order chi connectivity index (χ0) is 15.7. The molecular formula is C16H12N2O4. The molecule has 0 spiro atoms. The molecular weight excluding hydrogens is 284 g/mol. The van der Waals surface area contributed by atoms with E-state index in [1.54, 1.807) is 24.3 Å². The molecule has 0 amide bonds. The van der Waals surface area contributed by atoms with Crippen LogP contribution in [0.5, 0.6) is 5.75 Å². The van der Waals surface area contributed by atoms with Crippen molar-refractivity contribution in [1.29, 1.82) is 0 Å². The molecule has 0 bridgehead atoms. The van der Waals surface area contributed by atoms with Crippen molar-refractivity contribution in [1.82, 2.24) is 9.97 Å². The maximum Gasteiger partial charge on any atom is 0.335 e. The number of H-pyrrole nitrogens is 1. The summed E-state index contributed by atoms with van der Waals surface area (Å²) in [5.41, 5.74) is 0.990. The van der Waals surface area contributed by atoms with Gasteiger partial charge in [-0.15, -0.1) is 0 Å². The second-order valence-electron chi connectivity index (χ2n) is 4.89. The molecule has 110 valence electrons. The normalized spacial score (nSPS) is 10.7. The molecule has 3 N–H and O–H groups in total. The van der Waals surface area contributed by atoms with Gasteiger partial charge in [-0.25, -0.2) is 9.78 Å². The van der Waals surface area contributed by atoms with Crippen molar-refractivity contribution in [2.75, 3.05) is 0 Å². The number of hydrogen-bond acceptors (Lipinski definition) is 4. The zero-order valence-corrected chi connectivity index (χ0v) is 11.4. The van der Waals surface area contributed by atoms with E-state index in [0.29, 0.717) is 23.1 Å². The van der Waals surface area contributed by atoms with Crippen molar-refractivity contribution < 1.29 is 15.0 Å². The molecule has 0 fully saturated rings. The van der Waals surface area contributed by atoms with Gasteiger partial charge in [0.15, 0.2) is 0 Å². The largest absolute Gasteiger partial charge is 0.508 e. The number of carboxylic acids is 1. The number of rotatable bonds is 3. The first kappa shape index (κ1) is 13.8. The molecule has 3 aromatic rings. The van der Waals surface area contributed by atoms with Crippen LogP contribution in [0.3, 0.4) is 0 Å². The second-order valence-corrected chi connectivity index (χ2v) is 4.89. The number of aromatic hydroxyl groups is 1. The van der Waals surface area contributed by atoms with E-state index in [0.717, 1.165) is 5.56 Å². The second kappa shape index (κ2) is 5.33. The molecule has 6 nitrogen and oxygen atoms in total. The lowest BCUT2D eigenvalue weighted by molar-refractivity contribution is 0.0697. The fourth-order valence-electron chi connectivity index (χ4n) is 2.21. The van der Waals surface area contributed by atoms with Crippen LogP contribution in [-0.2, 0) is 6.42 Å². The molecule has 3 rings (SSSR count). The van der Waals surface area contributed by atoms with Crippen molar-refractivity contribution in [3.05, 3.63) is 69.8 Å². The molecule has 1 aromatic heterocycles. The van der Waals surface area contributed by atoms with Crippen LogP contribution in [0, 0.1) is 0 Å². The van der Waals surface area contributed by atoms with E-state index in [9.17, 15) is 14.7 Å². The lowest BCUT2D eigenvalue weighted by Crippen LogP contribution is -2.12. The number of nitrogens with zero attached hydrogens (tertiary/aromatic N) is 1. The highest BCUT2D eigenvalue weighted by Crippen LogP contribution is 2.14. The Morgan fingerprint density at radius 3 is 2.55 bits per heavy atom. The Morgan fingerprint density at radius 1 is 1.14 bits per heavy atom. The minimum atomic E-state index is -1.07. The average Bonchev–Trinajstić information content (AvgIpc) is 2.49. The fraction of sp³-hybridized carbons (Fsp3) is 0.0625. The Hall–Kier alpha value is -3.15. The highest BCUT2D eigenvalue weighted by atomic mass is 16.4. The summed E-state index contributed by atoms with van der Waals surface area (Å²) in [6.45, 7) is 0. The smallest absolute Gasteiger partial charge is 0.335 e. The van der Waals surface area contributed by atoms with Crippen LogP contribution in [0.4, 0.5) is 0 Å². The van der Waals surface area contributed by atoms with Gasteiger partial charge in [0.05, 0.1) is 16.5 Å². The Labute approximate surface area is 124 Å². The highest BCUT2D eigenvalue weighted by Gasteiger charge is 2.09. The summed E-state index contributed by atoms with van der Waals surface area (Å²) in [4.78, 5) is 30.0. The van der Waals surface area contributed by atoms with Crippen LogP contribution in [0.25, 0.3) is 10.9 Å². The third-order valence-electron chi connectivity index (χ3n) is 3.31. The molecule has 0 saturated heterocycles. The van der Waals surface area contributed by atoms with Crippen molar-refractivity contribution in [3.8, 4) is 5.75 Å². The Bertz CT molecular complexity index is 914. The lowest BCUT2D eigenvalue weighted by atomic mass is 10.1. The predicted octanol–water partition coefficient (Wildman–Crippen LogP) is 1.92. The quantitative estimate of drug-likeness (QED) is 0.685. The van der Waals surface area contributed by atoms with E-state index in [1.807, 2.05) is 0 Å². The third kappa shape index (κ3) is 2.67. The number of fused-ring (bicyclic) bond motifs is 1. The molecule has 0 aliphatic heterocycles. The molecule has 0 atom stereocenters. The monoisotopic (exact) mass is 296 g/mol. The van der Waals surface area contributed by atoms with E-state index in [-0.39, 0.29) is 16.9 Å². The van der Waals surface area contributed by atoms with Crippen molar-refractivity contribution in [2.24, 2.45) is 0 Å². The van der Waals surface area contributed by atoms with Crippen LogP contribution in [0.15, 0.2) is 47.3 Å². The summed E-state index contributed by atoms with van der Waals surface area (Å²) < 4.78 is 0. The molecule has 0 aliphatic rings. The predicted molar refractivity (Wildman–Crippen MR) is 80.2 cm³/mol.